The highest BCUT2D eigenvalue weighted by molar-refractivity contribution is 6.02. The van der Waals surface area contributed by atoms with Crippen LogP contribution in [0.4, 0.5) is 16.3 Å². The van der Waals surface area contributed by atoms with Gasteiger partial charge in [-0.2, -0.15) is 0 Å². The molecule has 0 spiro atoms. The Morgan fingerprint density at radius 1 is 1.11 bits per heavy atom. The number of methoxy groups -OCH3 is 1. The van der Waals surface area contributed by atoms with Crippen LogP contribution in [-0.2, 0) is 0 Å². The summed E-state index contributed by atoms with van der Waals surface area (Å²) in [5.74, 6) is 1.85. The number of benzene rings is 2. The molecule has 0 bridgehead atoms. The second-order valence-corrected chi connectivity index (χ2v) is 6.05. The molecular weight excluding hydrogens is 342 g/mol. The average Bonchev–Trinajstić information content (AvgIpc) is 2.73. The fraction of sp³-hybridized carbons (Fsp3) is 0.143. The zero-order valence-corrected chi connectivity index (χ0v) is 14.9. The molecular formula is C21H19N3O3. The van der Waals surface area contributed by atoms with Gasteiger partial charge in [-0.15, -0.1) is 0 Å². The molecule has 0 saturated heterocycles. The lowest BCUT2D eigenvalue weighted by atomic mass is 10.1. The third-order valence-corrected chi connectivity index (χ3v) is 4.30. The quantitative estimate of drug-likeness (QED) is 0.760. The second kappa shape index (κ2) is 7.37. The first-order valence-electron chi connectivity index (χ1n) is 8.66. The Hall–Kier alpha value is -3.54. The van der Waals surface area contributed by atoms with Gasteiger partial charge in [-0.3, -0.25) is 4.90 Å². The van der Waals surface area contributed by atoms with Crippen molar-refractivity contribution in [3.05, 3.63) is 66.7 Å². The van der Waals surface area contributed by atoms with Gasteiger partial charge in [-0.1, -0.05) is 30.3 Å². The minimum absolute atomic E-state index is 0.235. The summed E-state index contributed by atoms with van der Waals surface area (Å²) in [5, 5.41) is 2.90. The summed E-state index contributed by atoms with van der Waals surface area (Å²) < 4.78 is 11.0. The monoisotopic (exact) mass is 361 g/mol. The topological polar surface area (TPSA) is 63.7 Å². The van der Waals surface area contributed by atoms with Crippen LogP contribution in [0.25, 0.3) is 11.3 Å². The first kappa shape index (κ1) is 16.9. The number of carbonyl (C=O) groups is 1. The van der Waals surface area contributed by atoms with E-state index >= 15 is 0 Å². The molecule has 4 rings (SSSR count). The number of aromatic nitrogens is 1. The number of hydrogen-bond donors (Lipinski definition) is 1. The highest BCUT2D eigenvalue weighted by Gasteiger charge is 2.26. The number of rotatable bonds is 3. The first-order valence-corrected chi connectivity index (χ1v) is 8.66. The molecule has 136 valence electrons. The molecule has 1 aromatic heterocycles. The molecule has 0 fully saturated rings. The molecule has 3 aromatic rings. The number of pyridine rings is 1. The molecule has 1 N–H and O–H groups in total. The van der Waals surface area contributed by atoms with E-state index in [0.29, 0.717) is 24.7 Å². The van der Waals surface area contributed by atoms with Crippen molar-refractivity contribution in [1.82, 2.24) is 4.98 Å². The van der Waals surface area contributed by atoms with E-state index < -0.39 is 0 Å². The third kappa shape index (κ3) is 3.55. The summed E-state index contributed by atoms with van der Waals surface area (Å²) >= 11 is 0. The zero-order valence-electron chi connectivity index (χ0n) is 14.9. The minimum Gasteiger partial charge on any atom is -0.497 e. The van der Waals surface area contributed by atoms with Gasteiger partial charge >= 0.3 is 6.03 Å². The van der Waals surface area contributed by atoms with Crippen LogP contribution < -0.4 is 19.7 Å². The first-order chi connectivity index (χ1) is 13.2. The summed E-state index contributed by atoms with van der Waals surface area (Å²) in [7, 11) is 1.63. The zero-order chi connectivity index (χ0) is 18.6. The lowest BCUT2D eigenvalue weighted by Crippen LogP contribution is -2.41. The van der Waals surface area contributed by atoms with Crippen LogP contribution in [0.2, 0.25) is 0 Å². The normalized spacial score (nSPS) is 12.7. The molecule has 0 atom stereocenters. The van der Waals surface area contributed by atoms with Crippen LogP contribution in [0.15, 0.2) is 66.7 Å². The molecule has 27 heavy (non-hydrogen) atoms. The van der Waals surface area contributed by atoms with Crippen LogP contribution in [0.3, 0.4) is 0 Å². The van der Waals surface area contributed by atoms with Crippen molar-refractivity contribution in [3.63, 3.8) is 0 Å². The standard InChI is InChI=1S/C21H19N3O3/c1-26-17-9-5-6-15(14-17)18-10-11-19-20(23-18)24(12-13-27-19)21(25)22-16-7-3-2-4-8-16/h2-11,14H,12-13H2,1H3,(H,22,25). The van der Waals surface area contributed by atoms with E-state index in [-0.39, 0.29) is 6.03 Å². The van der Waals surface area contributed by atoms with Crippen LogP contribution in [-0.4, -0.2) is 31.3 Å². The average molecular weight is 361 g/mol. The van der Waals surface area contributed by atoms with Gasteiger partial charge in [-0.25, -0.2) is 9.78 Å². The molecule has 0 aliphatic carbocycles. The largest absolute Gasteiger partial charge is 0.497 e. The minimum atomic E-state index is -0.235. The molecule has 0 unspecified atom stereocenters. The van der Waals surface area contributed by atoms with E-state index in [1.807, 2.05) is 66.7 Å². The van der Waals surface area contributed by atoms with Crippen molar-refractivity contribution in [1.29, 1.82) is 0 Å². The SMILES string of the molecule is COc1cccc(-c2ccc3c(n2)N(C(=O)Nc2ccccc2)CCO3)c1. The van der Waals surface area contributed by atoms with Gasteiger partial charge in [0, 0.05) is 11.3 Å². The number of nitrogens with one attached hydrogen (secondary N) is 1. The lowest BCUT2D eigenvalue weighted by Gasteiger charge is -2.28. The highest BCUT2D eigenvalue weighted by atomic mass is 16.5. The van der Waals surface area contributed by atoms with E-state index in [2.05, 4.69) is 10.3 Å². The van der Waals surface area contributed by atoms with E-state index in [0.717, 1.165) is 22.7 Å². The number of hydrogen-bond acceptors (Lipinski definition) is 4. The number of anilines is 2. The summed E-state index contributed by atoms with van der Waals surface area (Å²) in [4.78, 5) is 19.1. The van der Waals surface area contributed by atoms with Gasteiger partial charge in [0.25, 0.3) is 0 Å². The fourth-order valence-corrected chi connectivity index (χ4v) is 2.95. The Bertz CT molecular complexity index is 960. The van der Waals surface area contributed by atoms with Crippen LogP contribution >= 0.6 is 0 Å². The smallest absolute Gasteiger partial charge is 0.327 e. The number of para-hydroxylation sites is 1. The third-order valence-electron chi connectivity index (χ3n) is 4.30. The van der Waals surface area contributed by atoms with Crippen molar-refractivity contribution in [3.8, 4) is 22.8 Å². The van der Waals surface area contributed by atoms with Gasteiger partial charge in [0.1, 0.15) is 12.4 Å². The van der Waals surface area contributed by atoms with Crippen LogP contribution in [0.5, 0.6) is 11.5 Å². The van der Waals surface area contributed by atoms with Crippen molar-refractivity contribution in [2.24, 2.45) is 0 Å². The number of urea groups is 1. The molecule has 0 radical (unpaired) electrons. The number of carbonyl (C=O) groups excluding carboxylic acids is 1. The Morgan fingerprint density at radius 2 is 1.96 bits per heavy atom. The predicted octanol–water partition coefficient (Wildman–Crippen LogP) is 4.19. The van der Waals surface area contributed by atoms with Crippen LogP contribution in [0, 0.1) is 0 Å². The highest BCUT2D eigenvalue weighted by Crippen LogP contribution is 2.33. The Morgan fingerprint density at radius 3 is 2.78 bits per heavy atom. The molecule has 2 aromatic carbocycles. The van der Waals surface area contributed by atoms with Gasteiger partial charge in [0.15, 0.2) is 11.6 Å². The lowest BCUT2D eigenvalue weighted by molar-refractivity contribution is 0.249. The van der Waals surface area contributed by atoms with Crippen molar-refractivity contribution >= 4 is 17.5 Å². The molecule has 2 amide bonds. The Labute approximate surface area is 157 Å². The van der Waals surface area contributed by atoms with Crippen molar-refractivity contribution < 1.29 is 14.3 Å². The number of ether oxygens (including phenoxy) is 2. The number of amides is 2. The second-order valence-electron chi connectivity index (χ2n) is 6.05. The van der Waals surface area contributed by atoms with Gasteiger partial charge in [0.2, 0.25) is 0 Å². The molecule has 1 aliphatic heterocycles. The maximum Gasteiger partial charge on any atom is 0.327 e. The summed E-state index contributed by atoms with van der Waals surface area (Å²) in [6.07, 6.45) is 0. The summed E-state index contributed by atoms with van der Waals surface area (Å²) in [6, 6.07) is 20.5. The maximum absolute atomic E-state index is 12.8. The summed E-state index contributed by atoms with van der Waals surface area (Å²) in [6.45, 7) is 0.857. The Kier molecular flexibility index (Phi) is 4.61. The van der Waals surface area contributed by atoms with E-state index in [1.165, 1.54) is 0 Å². The van der Waals surface area contributed by atoms with Crippen molar-refractivity contribution in [2.45, 2.75) is 0 Å². The summed E-state index contributed by atoms with van der Waals surface area (Å²) in [5.41, 5.74) is 2.39. The fourth-order valence-electron chi connectivity index (χ4n) is 2.95. The molecule has 6 nitrogen and oxygen atoms in total. The van der Waals surface area contributed by atoms with Crippen molar-refractivity contribution in [2.75, 3.05) is 30.5 Å². The molecule has 2 heterocycles. The molecule has 0 saturated carbocycles. The number of fused-ring (bicyclic) bond motifs is 1. The predicted molar refractivity (Wildman–Crippen MR) is 105 cm³/mol. The molecule has 6 heteroatoms. The van der Waals surface area contributed by atoms with E-state index in [9.17, 15) is 4.79 Å². The van der Waals surface area contributed by atoms with Gasteiger partial charge in [0.05, 0.1) is 19.3 Å². The van der Waals surface area contributed by atoms with Gasteiger partial charge < -0.3 is 14.8 Å². The maximum atomic E-state index is 12.8. The van der Waals surface area contributed by atoms with Crippen LogP contribution in [0.1, 0.15) is 0 Å². The van der Waals surface area contributed by atoms with E-state index in [1.54, 1.807) is 12.0 Å². The van der Waals surface area contributed by atoms with E-state index in [4.69, 9.17) is 9.47 Å². The number of nitrogens with zero attached hydrogens (tertiary/aromatic N) is 2. The Balaban J connectivity index is 1.65. The van der Waals surface area contributed by atoms with Gasteiger partial charge in [-0.05, 0) is 36.4 Å². The molecule has 1 aliphatic rings.